The average molecular weight is 494 g/mol. The zero-order valence-electron chi connectivity index (χ0n) is 20.6. The van der Waals surface area contributed by atoms with Crippen molar-refractivity contribution >= 4 is 23.7 Å². The van der Waals surface area contributed by atoms with Crippen LogP contribution in [-0.4, -0.2) is 64.6 Å². The van der Waals surface area contributed by atoms with Crippen LogP contribution in [0.15, 0.2) is 24.3 Å². The number of aliphatic carboxylic acids is 1. The van der Waals surface area contributed by atoms with E-state index in [1.807, 2.05) is 13.8 Å². The van der Waals surface area contributed by atoms with E-state index in [1.54, 1.807) is 12.1 Å². The summed E-state index contributed by atoms with van der Waals surface area (Å²) in [6.07, 6.45) is 2.00. The average Bonchev–Trinajstić information content (AvgIpc) is 2.78. The van der Waals surface area contributed by atoms with E-state index in [4.69, 9.17) is 16.6 Å². The summed E-state index contributed by atoms with van der Waals surface area (Å²) in [6.45, 7) is 5.60. The summed E-state index contributed by atoms with van der Waals surface area (Å²) in [7, 11) is 0. The molecule has 0 saturated heterocycles. The van der Waals surface area contributed by atoms with E-state index in [9.17, 15) is 24.3 Å². The maximum Gasteiger partial charge on any atom is 0.325 e. The number of nitrogens with one attached hydrogen (secondary N) is 3. The highest BCUT2D eigenvalue weighted by Crippen LogP contribution is 2.12. The Morgan fingerprint density at radius 2 is 1.46 bits per heavy atom. The van der Waals surface area contributed by atoms with Gasteiger partial charge in [-0.1, -0.05) is 26.0 Å². The Balaban J connectivity index is 3.06. The number of carboxylic acid groups (broad SMARTS) is 1. The number of hydrogen-bond donors (Lipinski definition) is 7. The molecule has 3 amide bonds. The SMILES string of the molecule is CC(C)CC(N)C(=O)NC(CCCCN)C(=O)NC(Cc1ccc(O)cc1)C(=O)NC(C)C(=O)O. The van der Waals surface area contributed by atoms with Crippen LogP contribution in [-0.2, 0) is 25.6 Å². The van der Waals surface area contributed by atoms with Gasteiger partial charge in [-0.3, -0.25) is 19.2 Å². The standard InChI is InChI=1S/C24H39N5O6/c1-14(2)12-18(26)21(31)28-19(6-4-5-11-25)22(32)29-20(23(33)27-15(3)24(34)35)13-16-7-9-17(30)10-8-16/h7-10,14-15,18-20,30H,4-6,11-13,25-26H2,1-3H3,(H,27,33)(H,28,31)(H,29,32)(H,34,35). The van der Waals surface area contributed by atoms with Gasteiger partial charge in [0.15, 0.2) is 0 Å². The zero-order chi connectivity index (χ0) is 26.5. The summed E-state index contributed by atoms with van der Waals surface area (Å²) in [5.74, 6) is -2.74. The van der Waals surface area contributed by atoms with Crippen molar-refractivity contribution < 1.29 is 29.4 Å². The fraction of sp³-hybridized carbons (Fsp3) is 0.583. The van der Waals surface area contributed by atoms with Crippen LogP contribution in [0.1, 0.15) is 52.0 Å². The highest BCUT2D eigenvalue weighted by Gasteiger charge is 2.29. The molecule has 0 fully saturated rings. The van der Waals surface area contributed by atoms with Crippen molar-refractivity contribution in [3.05, 3.63) is 29.8 Å². The summed E-state index contributed by atoms with van der Waals surface area (Å²) < 4.78 is 0. The van der Waals surface area contributed by atoms with E-state index >= 15 is 0 Å². The molecule has 0 aliphatic heterocycles. The van der Waals surface area contributed by atoms with Gasteiger partial charge in [-0.2, -0.15) is 0 Å². The van der Waals surface area contributed by atoms with Crippen molar-refractivity contribution in [1.29, 1.82) is 0 Å². The summed E-state index contributed by atoms with van der Waals surface area (Å²) in [6, 6.07) is 2.05. The minimum Gasteiger partial charge on any atom is -0.508 e. The summed E-state index contributed by atoms with van der Waals surface area (Å²) in [5, 5.41) is 26.3. The Hall–Kier alpha value is -3.18. The monoisotopic (exact) mass is 493 g/mol. The molecule has 11 heteroatoms. The third-order valence-corrected chi connectivity index (χ3v) is 5.38. The lowest BCUT2D eigenvalue weighted by molar-refractivity contribution is -0.141. The second kappa shape index (κ2) is 14.9. The highest BCUT2D eigenvalue weighted by molar-refractivity contribution is 5.94. The molecule has 0 spiro atoms. The van der Waals surface area contributed by atoms with Crippen molar-refractivity contribution in [1.82, 2.24) is 16.0 Å². The molecule has 9 N–H and O–H groups in total. The number of nitrogens with two attached hydrogens (primary N) is 2. The first-order chi connectivity index (χ1) is 16.4. The van der Waals surface area contributed by atoms with Gasteiger partial charge in [0, 0.05) is 6.42 Å². The molecular formula is C24H39N5O6. The van der Waals surface area contributed by atoms with Gasteiger partial charge in [0.05, 0.1) is 6.04 Å². The van der Waals surface area contributed by atoms with Crippen LogP contribution in [0.4, 0.5) is 0 Å². The normalized spacial score (nSPS) is 14.5. The minimum absolute atomic E-state index is 0.0405. The van der Waals surface area contributed by atoms with Gasteiger partial charge < -0.3 is 37.6 Å². The third kappa shape index (κ3) is 11.2. The quantitative estimate of drug-likeness (QED) is 0.166. The minimum atomic E-state index is -1.22. The molecule has 196 valence electrons. The highest BCUT2D eigenvalue weighted by atomic mass is 16.4. The second-order valence-electron chi connectivity index (χ2n) is 9.08. The number of benzene rings is 1. The predicted octanol–water partition coefficient (Wildman–Crippen LogP) is -0.00400. The summed E-state index contributed by atoms with van der Waals surface area (Å²) in [5.41, 5.74) is 12.2. The molecule has 0 aliphatic rings. The largest absolute Gasteiger partial charge is 0.508 e. The Bertz CT molecular complexity index is 845. The van der Waals surface area contributed by atoms with Gasteiger partial charge in [-0.05, 0) is 62.8 Å². The van der Waals surface area contributed by atoms with Crippen LogP contribution in [0.5, 0.6) is 5.75 Å². The number of aromatic hydroxyl groups is 1. The molecule has 4 atom stereocenters. The number of phenols is 1. The lowest BCUT2D eigenvalue weighted by Crippen LogP contribution is -2.57. The molecule has 0 aliphatic carbocycles. The van der Waals surface area contributed by atoms with Crippen LogP contribution in [0.3, 0.4) is 0 Å². The van der Waals surface area contributed by atoms with Crippen molar-refractivity contribution in [3.63, 3.8) is 0 Å². The summed E-state index contributed by atoms with van der Waals surface area (Å²) in [4.78, 5) is 49.8. The molecule has 4 unspecified atom stereocenters. The number of carbonyl (C=O) groups excluding carboxylic acids is 3. The number of phenolic OH excluding ortho intramolecular Hbond substituents is 1. The molecule has 0 bridgehead atoms. The third-order valence-electron chi connectivity index (χ3n) is 5.38. The Morgan fingerprint density at radius 3 is 2.00 bits per heavy atom. The fourth-order valence-corrected chi connectivity index (χ4v) is 3.38. The van der Waals surface area contributed by atoms with Crippen molar-refractivity contribution in [2.24, 2.45) is 17.4 Å². The van der Waals surface area contributed by atoms with Crippen molar-refractivity contribution in [3.8, 4) is 5.75 Å². The molecule has 11 nitrogen and oxygen atoms in total. The molecule has 1 aromatic carbocycles. The van der Waals surface area contributed by atoms with Gasteiger partial charge in [0.1, 0.15) is 23.9 Å². The van der Waals surface area contributed by atoms with E-state index in [-0.39, 0.29) is 18.1 Å². The first-order valence-corrected chi connectivity index (χ1v) is 11.8. The van der Waals surface area contributed by atoms with Gasteiger partial charge in [0.2, 0.25) is 17.7 Å². The molecule has 1 aromatic rings. The Labute approximate surface area is 206 Å². The first kappa shape index (κ1) is 29.9. The van der Waals surface area contributed by atoms with E-state index in [0.29, 0.717) is 37.8 Å². The first-order valence-electron chi connectivity index (χ1n) is 11.8. The maximum atomic E-state index is 13.2. The molecule has 0 heterocycles. The number of amides is 3. The van der Waals surface area contributed by atoms with Crippen LogP contribution < -0.4 is 27.4 Å². The molecular weight excluding hydrogens is 454 g/mol. The lowest BCUT2D eigenvalue weighted by Gasteiger charge is -2.25. The number of unbranched alkanes of at least 4 members (excludes halogenated alkanes) is 1. The van der Waals surface area contributed by atoms with Crippen LogP contribution in [0, 0.1) is 5.92 Å². The number of hydrogen-bond acceptors (Lipinski definition) is 7. The van der Waals surface area contributed by atoms with E-state index in [0.717, 1.165) is 0 Å². The fourth-order valence-electron chi connectivity index (χ4n) is 3.38. The van der Waals surface area contributed by atoms with Gasteiger partial charge >= 0.3 is 5.97 Å². The second-order valence-corrected chi connectivity index (χ2v) is 9.08. The number of carboxylic acids is 1. The van der Waals surface area contributed by atoms with E-state index in [1.165, 1.54) is 19.1 Å². The van der Waals surface area contributed by atoms with Gasteiger partial charge in [-0.15, -0.1) is 0 Å². The van der Waals surface area contributed by atoms with Crippen molar-refractivity contribution in [2.45, 2.75) is 77.0 Å². The maximum absolute atomic E-state index is 13.2. The molecule has 1 rings (SSSR count). The van der Waals surface area contributed by atoms with Gasteiger partial charge in [-0.25, -0.2) is 0 Å². The van der Waals surface area contributed by atoms with Crippen molar-refractivity contribution in [2.75, 3.05) is 6.54 Å². The topological polar surface area (TPSA) is 197 Å². The Morgan fingerprint density at radius 1 is 0.886 bits per heavy atom. The molecule has 0 aromatic heterocycles. The van der Waals surface area contributed by atoms with Crippen LogP contribution in [0.25, 0.3) is 0 Å². The van der Waals surface area contributed by atoms with E-state index in [2.05, 4.69) is 16.0 Å². The lowest BCUT2D eigenvalue weighted by atomic mass is 10.0. The smallest absolute Gasteiger partial charge is 0.325 e. The number of carbonyl (C=O) groups is 4. The number of rotatable bonds is 15. The van der Waals surface area contributed by atoms with Crippen LogP contribution >= 0.6 is 0 Å². The zero-order valence-corrected chi connectivity index (χ0v) is 20.6. The Kier molecular flexibility index (Phi) is 12.7. The predicted molar refractivity (Wildman–Crippen MR) is 131 cm³/mol. The molecule has 0 saturated carbocycles. The van der Waals surface area contributed by atoms with Crippen LogP contribution in [0.2, 0.25) is 0 Å². The van der Waals surface area contributed by atoms with E-state index < -0.39 is 47.9 Å². The molecule has 35 heavy (non-hydrogen) atoms. The molecule has 0 radical (unpaired) electrons. The van der Waals surface area contributed by atoms with Gasteiger partial charge in [0.25, 0.3) is 0 Å². The summed E-state index contributed by atoms with van der Waals surface area (Å²) >= 11 is 0.